The number of esters is 1. The smallest absolute Gasteiger partial charge is 0.354 e. The van der Waals surface area contributed by atoms with Gasteiger partial charge in [0.25, 0.3) is 11.8 Å². The average molecular weight is 384 g/mol. The van der Waals surface area contributed by atoms with Crippen molar-refractivity contribution in [3.05, 3.63) is 54.0 Å². The largest absolute Gasteiger partial charge is 0.464 e. The van der Waals surface area contributed by atoms with Gasteiger partial charge in [-0.25, -0.2) is 9.78 Å². The summed E-state index contributed by atoms with van der Waals surface area (Å²) in [6, 6.07) is 4.94. The SMILES string of the molecule is COC(=O)c1cc(NC(=O)c2nc(NC(=O)c3cccn3C)cn2C)cn1C. The third kappa shape index (κ3) is 3.65. The molecule has 0 saturated carbocycles. The summed E-state index contributed by atoms with van der Waals surface area (Å²) < 4.78 is 9.42. The molecule has 0 radical (unpaired) electrons. The molecule has 0 saturated heterocycles. The van der Waals surface area contributed by atoms with Crippen LogP contribution in [-0.4, -0.2) is 43.6 Å². The van der Waals surface area contributed by atoms with Crippen molar-refractivity contribution in [2.75, 3.05) is 17.7 Å². The molecule has 0 aliphatic heterocycles. The van der Waals surface area contributed by atoms with Crippen molar-refractivity contribution in [3.63, 3.8) is 0 Å². The van der Waals surface area contributed by atoms with Gasteiger partial charge in [0.15, 0.2) is 5.82 Å². The zero-order valence-corrected chi connectivity index (χ0v) is 15.9. The number of carbonyl (C=O) groups is 3. The lowest BCUT2D eigenvalue weighted by Gasteiger charge is -2.03. The highest BCUT2D eigenvalue weighted by Crippen LogP contribution is 2.16. The molecule has 10 heteroatoms. The molecule has 0 spiro atoms. The predicted molar refractivity (Wildman–Crippen MR) is 101 cm³/mol. The molecule has 0 aliphatic rings. The van der Waals surface area contributed by atoms with Gasteiger partial charge in [-0.15, -0.1) is 0 Å². The molecule has 3 heterocycles. The first-order valence-electron chi connectivity index (χ1n) is 8.32. The van der Waals surface area contributed by atoms with E-state index in [1.54, 1.807) is 61.0 Å². The molecule has 2 amide bonds. The van der Waals surface area contributed by atoms with E-state index in [-0.39, 0.29) is 17.5 Å². The molecule has 0 atom stereocenters. The van der Waals surface area contributed by atoms with Crippen LogP contribution in [-0.2, 0) is 25.9 Å². The molecule has 3 aromatic rings. The monoisotopic (exact) mass is 384 g/mol. The Kier molecular flexibility index (Phi) is 5.03. The number of ether oxygens (including phenoxy) is 1. The minimum atomic E-state index is -0.509. The van der Waals surface area contributed by atoms with Crippen LogP contribution in [0.3, 0.4) is 0 Å². The molecule has 0 unspecified atom stereocenters. The lowest BCUT2D eigenvalue weighted by Crippen LogP contribution is -2.17. The molecule has 3 rings (SSSR count). The van der Waals surface area contributed by atoms with Gasteiger partial charge in [-0.3, -0.25) is 9.59 Å². The van der Waals surface area contributed by atoms with Gasteiger partial charge in [0.1, 0.15) is 11.4 Å². The van der Waals surface area contributed by atoms with Gasteiger partial charge in [0.2, 0.25) is 5.82 Å². The zero-order chi connectivity index (χ0) is 20.4. The van der Waals surface area contributed by atoms with Crippen LogP contribution in [0.5, 0.6) is 0 Å². The van der Waals surface area contributed by atoms with Crippen molar-refractivity contribution in [1.82, 2.24) is 18.7 Å². The van der Waals surface area contributed by atoms with Gasteiger partial charge in [0.05, 0.1) is 12.8 Å². The van der Waals surface area contributed by atoms with Crippen LogP contribution in [0.25, 0.3) is 0 Å². The number of rotatable bonds is 5. The second kappa shape index (κ2) is 7.43. The number of nitrogens with zero attached hydrogens (tertiary/aromatic N) is 4. The Hall–Kier alpha value is -3.82. The topological polar surface area (TPSA) is 112 Å². The van der Waals surface area contributed by atoms with E-state index in [2.05, 4.69) is 20.4 Å². The third-order valence-corrected chi connectivity index (χ3v) is 4.15. The van der Waals surface area contributed by atoms with Crippen molar-refractivity contribution < 1.29 is 19.1 Å². The number of hydrogen-bond donors (Lipinski definition) is 2. The molecule has 146 valence electrons. The van der Waals surface area contributed by atoms with E-state index in [4.69, 9.17) is 0 Å². The van der Waals surface area contributed by atoms with E-state index in [1.165, 1.54) is 17.7 Å². The number of carbonyl (C=O) groups excluding carboxylic acids is 3. The predicted octanol–water partition coefficient (Wildman–Crippen LogP) is 1.39. The highest BCUT2D eigenvalue weighted by atomic mass is 16.5. The summed E-state index contributed by atoms with van der Waals surface area (Å²) in [6.07, 6.45) is 4.89. The lowest BCUT2D eigenvalue weighted by molar-refractivity contribution is 0.0589. The zero-order valence-electron chi connectivity index (χ0n) is 15.9. The fraction of sp³-hybridized carbons (Fsp3) is 0.222. The molecule has 2 N–H and O–H groups in total. The Morgan fingerprint density at radius 1 is 0.964 bits per heavy atom. The summed E-state index contributed by atoms with van der Waals surface area (Å²) in [5.41, 5.74) is 1.19. The summed E-state index contributed by atoms with van der Waals surface area (Å²) in [7, 11) is 6.35. The number of methoxy groups -OCH3 is 1. The molecule has 0 aromatic carbocycles. The van der Waals surface area contributed by atoms with Gasteiger partial charge < -0.3 is 29.1 Å². The maximum atomic E-state index is 12.5. The van der Waals surface area contributed by atoms with E-state index < -0.39 is 11.9 Å². The summed E-state index contributed by atoms with van der Waals surface area (Å²) in [6.45, 7) is 0. The number of nitrogens with one attached hydrogen (secondary N) is 2. The second-order valence-electron chi connectivity index (χ2n) is 6.19. The number of amides is 2. The number of aryl methyl sites for hydroxylation is 3. The molecule has 0 fully saturated rings. The summed E-state index contributed by atoms with van der Waals surface area (Å²) >= 11 is 0. The van der Waals surface area contributed by atoms with Crippen LogP contribution in [0, 0.1) is 0 Å². The lowest BCUT2D eigenvalue weighted by atomic mass is 10.4. The maximum Gasteiger partial charge on any atom is 0.354 e. The molecule has 0 bridgehead atoms. The van der Waals surface area contributed by atoms with Gasteiger partial charge in [-0.05, 0) is 18.2 Å². The first kappa shape index (κ1) is 19.0. The van der Waals surface area contributed by atoms with Gasteiger partial charge in [0, 0.05) is 39.7 Å². The van der Waals surface area contributed by atoms with Gasteiger partial charge in [-0.1, -0.05) is 0 Å². The van der Waals surface area contributed by atoms with E-state index in [0.29, 0.717) is 17.1 Å². The fourth-order valence-electron chi connectivity index (χ4n) is 2.74. The number of anilines is 2. The molecular formula is C18H20N6O4. The molecule has 10 nitrogen and oxygen atoms in total. The quantitative estimate of drug-likeness (QED) is 0.646. The van der Waals surface area contributed by atoms with E-state index >= 15 is 0 Å². The molecule has 3 aromatic heterocycles. The highest BCUT2D eigenvalue weighted by Gasteiger charge is 2.19. The summed E-state index contributed by atoms with van der Waals surface area (Å²) in [4.78, 5) is 40.7. The average Bonchev–Trinajstić information content (AvgIpc) is 3.33. The fourth-order valence-corrected chi connectivity index (χ4v) is 2.74. The first-order chi connectivity index (χ1) is 13.3. The van der Waals surface area contributed by atoms with Crippen LogP contribution in [0.1, 0.15) is 31.6 Å². The van der Waals surface area contributed by atoms with E-state index in [1.807, 2.05) is 0 Å². The van der Waals surface area contributed by atoms with Crippen molar-refractivity contribution in [3.8, 4) is 0 Å². The van der Waals surface area contributed by atoms with Crippen LogP contribution < -0.4 is 10.6 Å². The Morgan fingerprint density at radius 3 is 2.36 bits per heavy atom. The molecule has 28 heavy (non-hydrogen) atoms. The minimum Gasteiger partial charge on any atom is -0.464 e. The van der Waals surface area contributed by atoms with Crippen LogP contribution in [0.4, 0.5) is 11.5 Å². The van der Waals surface area contributed by atoms with Crippen molar-refractivity contribution in [2.45, 2.75) is 0 Å². The van der Waals surface area contributed by atoms with Crippen LogP contribution >= 0.6 is 0 Å². The standard InChI is InChI=1S/C18H20N6O4/c1-22-7-5-6-12(22)16(25)21-14-10-24(3)15(20-14)17(26)19-11-8-13(18(27)28-4)23(2)9-11/h5-10H,1-4H3,(H,19,26)(H,21,25). The van der Waals surface area contributed by atoms with Gasteiger partial charge >= 0.3 is 5.97 Å². The second-order valence-corrected chi connectivity index (χ2v) is 6.19. The normalized spacial score (nSPS) is 10.6. The molecular weight excluding hydrogens is 364 g/mol. The van der Waals surface area contributed by atoms with E-state index in [9.17, 15) is 14.4 Å². The Morgan fingerprint density at radius 2 is 1.71 bits per heavy atom. The number of aromatic nitrogens is 4. The van der Waals surface area contributed by atoms with Gasteiger partial charge in [-0.2, -0.15) is 0 Å². The first-order valence-corrected chi connectivity index (χ1v) is 8.32. The van der Waals surface area contributed by atoms with Crippen LogP contribution in [0.2, 0.25) is 0 Å². The van der Waals surface area contributed by atoms with Crippen molar-refractivity contribution in [2.24, 2.45) is 21.1 Å². The van der Waals surface area contributed by atoms with E-state index in [0.717, 1.165) is 0 Å². The summed E-state index contributed by atoms with van der Waals surface area (Å²) in [5, 5.41) is 5.34. The highest BCUT2D eigenvalue weighted by molar-refractivity contribution is 6.05. The minimum absolute atomic E-state index is 0.102. The number of imidazole rings is 1. The Balaban J connectivity index is 1.74. The molecule has 0 aliphatic carbocycles. The maximum absolute atomic E-state index is 12.5. The van der Waals surface area contributed by atoms with Crippen molar-refractivity contribution >= 4 is 29.3 Å². The van der Waals surface area contributed by atoms with Crippen molar-refractivity contribution in [1.29, 1.82) is 0 Å². The Bertz CT molecular complexity index is 1060. The van der Waals surface area contributed by atoms with Crippen LogP contribution in [0.15, 0.2) is 36.8 Å². The third-order valence-electron chi connectivity index (χ3n) is 4.15. The Labute approximate surface area is 160 Å². The number of hydrogen-bond acceptors (Lipinski definition) is 5. The summed E-state index contributed by atoms with van der Waals surface area (Å²) in [5.74, 6) is -0.967.